The van der Waals surface area contributed by atoms with Crippen molar-refractivity contribution in [1.29, 1.82) is 0 Å². The third-order valence-corrected chi connectivity index (χ3v) is 4.29. The first-order chi connectivity index (χ1) is 12.1. The van der Waals surface area contributed by atoms with E-state index in [0.29, 0.717) is 23.7 Å². The van der Waals surface area contributed by atoms with Crippen molar-refractivity contribution < 1.29 is 14.3 Å². The number of urea groups is 1. The van der Waals surface area contributed by atoms with E-state index in [-0.39, 0.29) is 6.03 Å². The van der Waals surface area contributed by atoms with Crippen LogP contribution >= 0.6 is 11.7 Å². The van der Waals surface area contributed by atoms with Crippen molar-refractivity contribution in [2.45, 2.75) is 6.54 Å². The predicted molar refractivity (Wildman–Crippen MR) is 97.4 cm³/mol. The highest BCUT2D eigenvalue weighted by Gasteiger charge is 2.13. The summed E-state index contributed by atoms with van der Waals surface area (Å²) >= 11 is 1.18. The zero-order chi connectivity index (χ0) is 17.8. The standard InChI is InChI=1S/C17H18N4O3S/c1-21(10-11-4-6-13-14(8-11)20-25-19-13)17(22)18-15-9-12(23-2)5-7-16(15)24-3/h4-9H,10H2,1-3H3,(H,18,22). The molecular weight excluding hydrogens is 340 g/mol. The quantitative estimate of drug-likeness (QED) is 0.757. The lowest BCUT2D eigenvalue weighted by Gasteiger charge is -2.19. The van der Waals surface area contributed by atoms with Crippen LogP contribution in [-0.2, 0) is 6.54 Å². The Morgan fingerprint density at radius 2 is 1.92 bits per heavy atom. The van der Waals surface area contributed by atoms with Crippen LogP contribution in [0.2, 0.25) is 0 Å². The number of nitrogens with zero attached hydrogens (tertiary/aromatic N) is 3. The van der Waals surface area contributed by atoms with Gasteiger partial charge in [0.05, 0.1) is 31.6 Å². The van der Waals surface area contributed by atoms with Gasteiger partial charge in [0.25, 0.3) is 0 Å². The minimum atomic E-state index is -0.247. The highest BCUT2D eigenvalue weighted by atomic mass is 32.1. The fourth-order valence-electron chi connectivity index (χ4n) is 2.39. The minimum absolute atomic E-state index is 0.247. The lowest BCUT2D eigenvalue weighted by molar-refractivity contribution is 0.220. The van der Waals surface area contributed by atoms with E-state index in [1.54, 1.807) is 44.4 Å². The smallest absolute Gasteiger partial charge is 0.321 e. The lowest BCUT2D eigenvalue weighted by atomic mass is 10.2. The normalized spacial score (nSPS) is 10.5. The summed E-state index contributed by atoms with van der Waals surface area (Å²) in [5, 5.41) is 2.84. The van der Waals surface area contributed by atoms with Crippen LogP contribution in [-0.4, -0.2) is 40.9 Å². The van der Waals surface area contributed by atoms with Crippen molar-refractivity contribution in [1.82, 2.24) is 13.6 Å². The monoisotopic (exact) mass is 358 g/mol. The number of amides is 2. The molecule has 1 N–H and O–H groups in total. The maximum absolute atomic E-state index is 12.5. The lowest BCUT2D eigenvalue weighted by Crippen LogP contribution is -2.31. The van der Waals surface area contributed by atoms with Gasteiger partial charge in [-0.3, -0.25) is 0 Å². The van der Waals surface area contributed by atoms with E-state index in [9.17, 15) is 4.79 Å². The zero-order valence-electron chi connectivity index (χ0n) is 14.1. The van der Waals surface area contributed by atoms with Crippen LogP contribution in [0.3, 0.4) is 0 Å². The molecular formula is C17H18N4O3S. The predicted octanol–water partition coefficient (Wildman–Crippen LogP) is 3.37. The second-order valence-corrected chi connectivity index (χ2v) is 5.97. The summed E-state index contributed by atoms with van der Waals surface area (Å²) in [7, 11) is 4.85. The fourth-order valence-corrected chi connectivity index (χ4v) is 2.91. The molecule has 0 aliphatic rings. The van der Waals surface area contributed by atoms with Crippen molar-refractivity contribution in [2.24, 2.45) is 0 Å². The first-order valence-electron chi connectivity index (χ1n) is 7.56. The summed E-state index contributed by atoms with van der Waals surface area (Å²) in [5.41, 5.74) is 3.24. The van der Waals surface area contributed by atoms with E-state index in [4.69, 9.17) is 9.47 Å². The number of methoxy groups -OCH3 is 2. The Morgan fingerprint density at radius 3 is 2.68 bits per heavy atom. The summed E-state index contributed by atoms with van der Waals surface area (Å²) in [5.74, 6) is 1.21. The second kappa shape index (κ2) is 7.35. The summed E-state index contributed by atoms with van der Waals surface area (Å²) in [6, 6.07) is 10.8. The number of nitrogens with one attached hydrogen (secondary N) is 1. The van der Waals surface area contributed by atoms with E-state index >= 15 is 0 Å². The SMILES string of the molecule is COc1ccc(OC)c(NC(=O)N(C)Cc2ccc3nsnc3c2)c1. The number of anilines is 1. The Kier molecular flexibility index (Phi) is 4.99. The maximum Gasteiger partial charge on any atom is 0.321 e. The molecule has 0 saturated heterocycles. The summed E-state index contributed by atoms with van der Waals surface area (Å²) in [4.78, 5) is 14.1. The van der Waals surface area contributed by atoms with Crippen LogP contribution in [0, 0.1) is 0 Å². The van der Waals surface area contributed by atoms with E-state index in [0.717, 1.165) is 16.6 Å². The molecule has 1 aromatic heterocycles. The molecule has 0 aliphatic carbocycles. The first kappa shape index (κ1) is 17.0. The molecule has 0 aliphatic heterocycles. The van der Waals surface area contributed by atoms with Gasteiger partial charge in [0.15, 0.2) is 0 Å². The molecule has 0 bridgehead atoms. The number of ether oxygens (including phenoxy) is 2. The highest BCUT2D eigenvalue weighted by Crippen LogP contribution is 2.29. The van der Waals surface area contributed by atoms with Gasteiger partial charge in [0.2, 0.25) is 0 Å². The number of carbonyl (C=O) groups is 1. The number of hydrogen-bond donors (Lipinski definition) is 1. The van der Waals surface area contributed by atoms with Crippen molar-refractivity contribution in [2.75, 3.05) is 26.6 Å². The number of carbonyl (C=O) groups excluding carboxylic acids is 1. The molecule has 0 spiro atoms. The zero-order valence-corrected chi connectivity index (χ0v) is 15.0. The molecule has 0 fully saturated rings. The number of fused-ring (bicyclic) bond motifs is 1. The molecule has 130 valence electrons. The topological polar surface area (TPSA) is 76.6 Å². The van der Waals surface area contributed by atoms with Gasteiger partial charge in [-0.1, -0.05) is 6.07 Å². The molecule has 8 heteroatoms. The number of benzene rings is 2. The molecule has 2 aromatic carbocycles. The Bertz CT molecular complexity index is 896. The summed E-state index contributed by atoms with van der Waals surface area (Å²) in [6.07, 6.45) is 0. The first-order valence-corrected chi connectivity index (χ1v) is 8.29. The third kappa shape index (κ3) is 3.80. The molecule has 0 atom stereocenters. The molecule has 3 rings (SSSR count). The van der Waals surface area contributed by atoms with E-state index < -0.39 is 0 Å². The van der Waals surface area contributed by atoms with Gasteiger partial charge >= 0.3 is 6.03 Å². The van der Waals surface area contributed by atoms with Crippen LogP contribution in [0.25, 0.3) is 11.0 Å². The largest absolute Gasteiger partial charge is 0.497 e. The van der Waals surface area contributed by atoms with Gasteiger partial charge in [0.1, 0.15) is 22.5 Å². The average molecular weight is 358 g/mol. The van der Waals surface area contributed by atoms with Gasteiger partial charge < -0.3 is 19.7 Å². The van der Waals surface area contributed by atoms with E-state index in [1.807, 2.05) is 18.2 Å². The molecule has 0 radical (unpaired) electrons. The maximum atomic E-state index is 12.5. The van der Waals surface area contributed by atoms with Crippen LogP contribution in [0.4, 0.5) is 10.5 Å². The third-order valence-electron chi connectivity index (χ3n) is 3.73. The summed E-state index contributed by atoms with van der Waals surface area (Å²) in [6.45, 7) is 0.450. The molecule has 3 aromatic rings. The van der Waals surface area contributed by atoms with Crippen LogP contribution < -0.4 is 14.8 Å². The Labute approximate surface area is 149 Å². The van der Waals surface area contributed by atoms with Crippen LogP contribution in [0.1, 0.15) is 5.56 Å². The number of hydrogen-bond acceptors (Lipinski definition) is 6. The molecule has 0 saturated carbocycles. The average Bonchev–Trinajstić information content (AvgIpc) is 3.09. The Hall–Kier alpha value is -2.87. The van der Waals surface area contributed by atoms with Gasteiger partial charge in [-0.25, -0.2) is 4.79 Å². The van der Waals surface area contributed by atoms with Crippen molar-refractivity contribution in [3.05, 3.63) is 42.0 Å². The van der Waals surface area contributed by atoms with Gasteiger partial charge in [-0.2, -0.15) is 8.75 Å². The molecule has 2 amide bonds. The molecule has 25 heavy (non-hydrogen) atoms. The minimum Gasteiger partial charge on any atom is -0.497 e. The van der Waals surface area contributed by atoms with Crippen molar-refractivity contribution >= 4 is 34.5 Å². The van der Waals surface area contributed by atoms with Crippen molar-refractivity contribution in [3.8, 4) is 11.5 Å². The summed E-state index contributed by atoms with van der Waals surface area (Å²) < 4.78 is 18.9. The van der Waals surface area contributed by atoms with Gasteiger partial charge in [-0.15, -0.1) is 0 Å². The molecule has 1 heterocycles. The Morgan fingerprint density at radius 1 is 1.12 bits per heavy atom. The molecule has 7 nitrogen and oxygen atoms in total. The highest BCUT2D eigenvalue weighted by molar-refractivity contribution is 7.00. The van der Waals surface area contributed by atoms with Gasteiger partial charge in [0, 0.05) is 19.7 Å². The van der Waals surface area contributed by atoms with Crippen molar-refractivity contribution in [3.63, 3.8) is 0 Å². The van der Waals surface area contributed by atoms with Crippen LogP contribution in [0.5, 0.6) is 11.5 Å². The van der Waals surface area contributed by atoms with Gasteiger partial charge in [-0.05, 0) is 29.8 Å². The number of aromatic nitrogens is 2. The number of rotatable bonds is 5. The second-order valence-electron chi connectivity index (χ2n) is 5.44. The van der Waals surface area contributed by atoms with E-state index in [1.165, 1.54) is 11.7 Å². The van der Waals surface area contributed by atoms with E-state index in [2.05, 4.69) is 14.1 Å². The molecule has 0 unspecified atom stereocenters. The Balaban J connectivity index is 1.72. The fraction of sp³-hybridized carbons (Fsp3) is 0.235. The van der Waals surface area contributed by atoms with Crippen LogP contribution in [0.15, 0.2) is 36.4 Å².